The lowest BCUT2D eigenvalue weighted by atomic mass is 10.4. The molecule has 0 aromatic rings. The average Bonchev–Trinajstić information content (AvgIpc) is 2.28. The molecule has 0 spiro atoms. The van der Waals surface area contributed by atoms with Gasteiger partial charge in [0.25, 0.3) is 0 Å². The number of alkyl halides is 1. The van der Waals surface area contributed by atoms with Gasteiger partial charge in [0, 0.05) is 20.1 Å². The van der Waals surface area contributed by atoms with Gasteiger partial charge in [-0.2, -0.15) is 0 Å². The van der Waals surface area contributed by atoms with Crippen molar-refractivity contribution in [1.82, 2.24) is 9.80 Å². The predicted molar refractivity (Wildman–Crippen MR) is 49.6 cm³/mol. The molecule has 0 unspecified atom stereocenters. The normalized spacial score (nSPS) is 18.8. The summed E-state index contributed by atoms with van der Waals surface area (Å²) in [4.78, 5) is 25.7. The minimum Gasteiger partial charge on any atom is -0.344 e. The summed E-state index contributed by atoms with van der Waals surface area (Å²) in [7, 11) is 1.75. The van der Waals surface area contributed by atoms with Gasteiger partial charge in [-0.25, -0.2) is 0 Å². The summed E-state index contributed by atoms with van der Waals surface area (Å²) >= 11 is 5.41. The van der Waals surface area contributed by atoms with E-state index in [0.29, 0.717) is 13.1 Å². The number of likely N-dealkylation sites (N-methyl/N-ethyl adjacent to an activating group) is 1. The smallest absolute Gasteiger partial charge is 0.241 e. The van der Waals surface area contributed by atoms with Gasteiger partial charge in [-0.05, 0) is 6.42 Å². The number of rotatable bonds is 1. The first-order chi connectivity index (χ1) is 6.15. The summed E-state index contributed by atoms with van der Waals surface area (Å²) in [6.45, 7) is 1.51. The van der Waals surface area contributed by atoms with E-state index in [9.17, 15) is 9.59 Å². The van der Waals surface area contributed by atoms with Crippen LogP contribution in [0.5, 0.6) is 0 Å². The van der Waals surface area contributed by atoms with Gasteiger partial charge in [0.15, 0.2) is 0 Å². The largest absolute Gasteiger partial charge is 0.344 e. The highest BCUT2D eigenvalue weighted by Crippen LogP contribution is 2.03. The fraction of sp³-hybridized carbons (Fsp3) is 0.750. The number of nitrogens with zero attached hydrogens (tertiary/aromatic N) is 2. The minimum atomic E-state index is -0.162. The van der Waals surface area contributed by atoms with Crippen LogP contribution in [-0.4, -0.2) is 54.2 Å². The first-order valence-corrected chi connectivity index (χ1v) is 4.76. The Balaban J connectivity index is 2.59. The van der Waals surface area contributed by atoms with Gasteiger partial charge in [0.1, 0.15) is 5.88 Å². The van der Waals surface area contributed by atoms with E-state index in [4.69, 9.17) is 11.6 Å². The van der Waals surface area contributed by atoms with Gasteiger partial charge in [0.05, 0.1) is 6.54 Å². The molecule has 74 valence electrons. The molecule has 1 aliphatic heterocycles. The molecule has 0 N–H and O–H groups in total. The molecule has 0 aromatic heterocycles. The van der Waals surface area contributed by atoms with Crippen molar-refractivity contribution >= 4 is 23.4 Å². The van der Waals surface area contributed by atoms with Gasteiger partial charge in [-0.3, -0.25) is 9.59 Å². The SMILES string of the molecule is CN1CCCN(C(=O)CCl)CC1=O. The number of hydrogen-bond donors (Lipinski definition) is 0. The van der Waals surface area contributed by atoms with E-state index >= 15 is 0 Å². The molecule has 0 bridgehead atoms. The molecule has 13 heavy (non-hydrogen) atoms. The Morgan fingerprint density at radius 2 is 2.23 bits per heavy atom. The highest BCUT2D eigenvalue weighted by molar-refractivity contribution is 6.27. The number of hydrogen-bond acceptors (Lipinski definition) is 2. The molecular formula is C8H13ClN2O2. The first kappa shape index (κ1) is 10.3. The van der Waals surface area contributed by atoms with Crippen LogP contribution in [0, 0.1) is 0 Å². The van der Waals surface area contributed by atoms with Crippen molar-refractivity contribution in [1.29, 1.82) is 0 Å². The molecule has 0 atom stereocenters. The summed E-state index contributed by atoms with van der Waals surface area (Å²) in [5.74, 6) is -0.224. The first-order valence-electron chi connectivity index (χ1n) is 4.23. The average molecular weight is 205 g/mol. The van der Waals surface area contributed by atoms with E-state index in [2.05, 4.69) is 0 Å². The van der Waals surface area contributed by atoms with Crippen LogP contribution < -0.4 is 0 Å². The fourth-order valence-electron chi connectivity index (χ4n) is 1.28. The summed E-state index contributed by atoms with van der Waals surface area (Å²) in [6, 6.07) is 0. The van der Waals surface area contributed by atoms with Crippen LogP contribution in [0.3, 0.4) is 0 Å². The predicted octanol–water partition coefficient (Wildman–Crippen LogP) is -0.0841. The number of amides is 2. The Labute approximate surface area is 82.4 Å². The second kappa shape index (κ2) is 4.46. The molecule has 2 amide bonds. The number of carbonyl (C=O) groups is 2. The lowest BCUT2D eigenvalue weighted by Crippen LogP contribution is -2.38. The number of carbonyl (C=O) groups excluding carboxylic acids is 2. The van der Waals surface area contributed by atoms with E-state index in [-0.39, 0.29) is 24.2 Å². The van der Waals surface area contributed by atoms with Crippen LogP contribution in [0.2, 0.25) is 0 Å². The molecule has 5 heteroatoms. The van der Waals surface area contributed by atoms with Crippen LogP contribution in [-0.2, 0) is 9.59 Å². The zero-order valence-electron chi connectivity index (χ0n) is 7.62. The quantitative estimate of drug-likeness (QED) is 0.561. The third-order valence-corrected chi connectivity index (χ3v) is 2.37. The third kappa shape index (κ3) is 2.59. The number of halogens is 1. The highest BCUT2D eigenvalue weighted by atomic mass is 35.5. The topological polar surface area (TPSA) is 40.6 Å². The van der Waals surface area contributed by atoms with E-state index in [1.165, 1.54) is 4.90 Å². The molecule has 0 aromatic carbocycles. The molecule has 4 nitrogen and oxygen atoms in total. The fourth-order valence-corrected chi connectivity index (χ4v) is 1.45. The van der Waals surface area contributed by atoms with Crippen molar-refractivity contribution in [2.24, 2.45) is 0 Å². The minimum absolute atomic E-state index is 0.0176. The van der Waals surface area contributed by atoms with E-state index in [0.717, 1.165) is 6.42 Å². The van der Waals surface area contributed by atoms with Gasteiger partial charge in [-0.1, -0.05) is 0 Å². The summed E-state index contributed by atoms with van der Waals surface area (Å²) in [5, 5.41) is 0. The molecule has 1 fully saturated rings. The van der Waals surface area contributed by atoms with Crippen LogP contribution in [0.4, 0.5) is 0 Å². The Morgan fingerprint density at radius 1 is 1.54 bits per heavy atom. The highest BCUT2D eigenvalue weighted by Gasteiger charge is 2.21. The van der Waals surface area contributed by atoms with Crippen LogP contribution >= 0.6 is 11.6 Å². The second-order valence-corrected chi connectivity index (χ2v) is 3.39. The van der Waals surface area contributed by atoms with Crippen LogP contribution in [0.25, 0.3) is 0 Å². The Hall–Kier alpha value is -0.770. The monoisotopic (exact) mass is 204 g/mol. The zero-order chi connectivity index (χ0) is 9.84. The summed E-state index contributed by atoms with van der Waals surface area (Å²) in [6.07, 6.45) is 0.824. The van der Waals surface area contributed by atoms with Crippen molar-refractivity contribution in [2.75, 3.05) is 32.6 Å². The van der Waals surface area contributed by atoms with E-state index in [1.54, 1.807) is 11.9 Å². The van der Waals surface area contributed by atoms with Gasteiger partial charge >= 0.3 is 0 Å². The Kier molecular flexibility index (Phi) is 3.54. The maximum Gasteiger partial charge on any atom is 0.241 e. The van der Waals surface area contributed by atoms with Gasteiger partial charge < -0.3 is 9.80 Å². The molecule has 0 saturated carbocycles. The van der Waals surface area contributed by atoms with Crippen molar-refractivity contribution in [3.63, 3.8) is 0 Å². The Bertz CT molecular complexity index is 220. The second-order valence-electron chi connectivity index (χ2n) is 3.12. The molecule has 1 heterocycles. The maximum atomic E-state index is 11.3. The van der Waals surface area contributed by atoms with Crippen molar-refractivity contribution in [3.8, 4) is 0 Å². The summed E-state index contributed by atoms with van der Waals surface area (Å²) < 4.78 is 0. The van der Waals surface area contributed by atoms with Crippen LogP contribution in [0.15, 0.2) is 0 Å². The van der Waals surface area contributed by atoms with Crippen molar-refractivity contribution in [3.05, 3.63) is 0 Å². The Morgan fingerprint density at radius 3 is 2.85 bits per heavy atom. The van der Waals surface area contributed by atoms with Crippen molar-refractivity contribution < 1.29 is 9.59 Å². The lowest BCUT2D eigenvalue weighted by Gasteiger charge is -2.18. The van der Waals surface area contributed by atoms with Gasteiger partial charge in [0.2, 0.25) is 11.8 Å². The van der Waals surface area contributed by atoms with Crippen molar-refractivity contribution in [2.45, 2.75) is 6.42 Å². The third-order valence-electron chi connectivity index (χ3n) is 2.14. The summed E-state index contributed by atoms with van der Waals surface area (Å²) in [5.41, 5.74) is 0. The van der Waals surface area contributed by atoms with Gasteiger partial charge in [-0.15, -0.1) is 11.6 Å². The molecule has 1 rings (SSSR count). The standard InChI is InChI=1S/C8H13ClN2O2/c1-10-3-2-4-11(6-8(10)13)7(12)5-9/h2-6H2,1H3. The molecule has 1 saturated heterocycles. The maximum absolute atomic E-state index is 11.3. The lowest BCUT2D eigenvalue weighted by molar-refractivity contribution is -0.136. The van der Waals surface area contributed by atoms with E-state index in [1.807, 2.05) is 0 Å². The zero-order valence-corrected chi connectivity index (χ0v) is 8.38. The molecule has 1 aliphatic rings. The molecular weight excluding hydrogens is 192 g/mol. The van der Waals surface area contributed by atoms with E-state index < -0.39 is 0 Å². The molecule has 0 radical (unpaired) electrons. The van der Waals surface area contributed by atoms with Crippen LogP contribution in [0.1, 0.15) is 6.42 Å². The molecule has 0 aliphatic carbocycles.